The van der Waals surface area contributed by atoms with E-state index >= 15 is 0 Å². The van der Waals surface area contributed by atoms with Gasteiger partial charge < -0.3 is 4.74 Å². The van der Waals surface area contributed by atoms with Gasteiger partial charge in [-0.25, -0.2) is 4.98 Å². The molecule has 1 heterocycles. The average Bonchev–Trinajstić information content (AvgIpc) is 2.79. The lowest BCUT2D eigenvalue weighted by Gasteiger charge is -2.13. The van der Waals surface area contributed by atoms with Crippen LogP contribution in [0.25, 0.3) is 10.9 Å². The summed E-state index contributed by atoms with van der Waals surface area (Å²) in [6.45, 7) is 6.50. The van der Waals surface area contributed by atoms with E-state index in [0.717, 1.165) is 24.5 Å². The van der Waals surface area contributed by atoms with Crippen molar-refractivity contribution in [3.63, 3.8) is 0 Å². The fourth-order valence-electron chi connectivity index (χ4n) is 3.41. The van der Waals surface area contributed by atoms with Gasteiger partial charge in [0, 0.05) is 10.4 Å². The number of halogens is 3. The molecule has 0 bridgehead atoms. The third-order valence-corrected chi connectivity index (χ3v) is 6.87. The molecule has 0 amide bonds. The van der Waals surface area contributed by atoms with Gasteiger partial charge in [-0.3, -0.25) is 4.79 Å². The summed E-state index contributed by atoms with van der Waals surface area (Å²) >= 11 is 10.6. The van der Waals surface area contributed by atoms with E-state index in [1.807, 2.05) is 38.1 Å². The number of rotatable bonds is 6. The lowest BCUT2D eigenvalue weighted by Crippen LogP contribution is -2.23. The molecular weight excluding hydrogens is 626 g/mol. The maximum absolute atomic E-state index is 13.2. The van der Waals surface area contributed by atoms with Crippen molar-refractivity contribution >= 4 is 64.9 Å². The molecule has 4 rings (SSSR count). The van der Waals surface area contributed by atoms with Crippen LogP contribution in [0, 0.1) is 6.92 Å². The molecule has 174 valence electrons. The quantitative estimate of drug-likeness (QED) is 0.203. The van der Waals surface area contributed by atoms with Gasteiger partial charge >= 0.3 is 0 Å². The molecule has 3 aromatic carbocycles. The normalized spacial score (nSPS) is 11.6. The van der Waals surface area contributed by atoms with Crippen LogP contribution in [0.2, 0.25) is 0 Å². The first kappa shape index (κ1) is 24.8. The van der Waals surface area contributed by atoms with Crippen molar-refractivity contribution in [2.75, 3.05) is 0 Å². The van der Waals surface area contributed by atoms with E-state index in [1.165, 1.54) is 10.2 Å². The van der Waals surface area contributed by atoms with Gasteiger partial charge in [-0.2, -0.15) is 9.78 Å². The molecule has 0 aliphatic carbocycles. The summed E-state index contributed by atoms with van der Waals surface area (Å²) < 4.78 is 9.80. The zero-order valence-corrected chi connectivity index (χ0v) is 23.6. The molecule has 4 aromatic rings. The van der Waals surface area contributed by atoms with Crippen molar-refractivity contribution in [2.24, 2.45) is 5.10 Å². The van der Waals surface area contributed by atoms with Crippen molar-refractivity contribution in [3.05, 3.63) is 101 Å². The molecule has 8 heteroatoms. The summed E-state index contributed by atoms with van der Waals surface area (Å²) in [4.78, 5) is 17.9. The van der Waals surface area contributed by atoms with Crippen LogP contribution in [0.5, 0.6) is 5.75 Å². The molecule has 0 aliphatic heterocycles. The SMILES string of the molecule is Cc1ccc(COc2c(Br)cc(C=Nn3c(C(C)C)nc4ccc(Br)cc4c3=O)cc2Br)cc1. The summed E-state index contributed by atoms with van der Waals surface area (Å²) in [5, 5.41) is 5.02. The predicted octanol–water partition coefficient (Wildman–Crippen LogP) is 7.58. The Kier molecular flexibility index (Phi) is 7.70. The molecule has 0 saturated carbocycles. The van der Waals surface area contributed by atoms with Crippen molar-refractivity contribution in [3.8, 4) is 5.75 Å². The smallest absolute Gasteiger partial charge is 0.282 e. The van der Waals surface area contributed by atoms with E-state index in [2.05, 4.69) is 89.1 Å². The number of benzene rings is 3. The number of hydrogen-bond acceptors (Lipinski definition) is 4. The fourth-order valence-corrected chi connectivity index (χ4v) is 5.22. The summed E-state index contributed by atoms with van der Waals surface area (Å²) in [6, 6.07) is 17.5. The monoisotopic (exact) mass is 645 g/mol. The van der Waals surface area contributed by atoms with E-state index in [-0.39, 0.29) is 11.5 Å². The Balaban J connectivity index is 1.65. The Hall–Kier alpha value is -2.29. The van der Waals surface area contributed by atoms with Crippen LogP contribution in [0.15, 0.2) is 77.9 Å². The molecule has 0 spiro atoms. The number of aryl methyl sites for hydroxylation is 1. The van der Waals surface area contributed by atoms with Crippen LogP contribution in [0.4, 0.5) is 0 Å². The second kappa shape index (κ2) is 10.5. The lowest BCUT2D eigenvalue weighted by atomic mass is 10.2. The van der Waals surface area contributed by atoms with Crippen LogP contribution in [0.3, 0.4) is 0 Å². The molecule has 0 unspecified atom stereocenters. The van der Waals surface area contributed by atoms with Crippen LogP contribution in [0.1, 0.15) is 42.3 Å². The van der Waals surface area contributed by atoms with E-state index in [9.17, 15) is 4.79 Å². The maximum atomic E-state index is 13.2. The van der Waals surface area contributed by atoms with Crippen molar-refractivity contribution in [1.82, 2.24) is 9.66 Å². The van der Waals surface area contributed by atoms with Crippen LogP contribution < -0.4 is 10.3 Å². The van der Waals surface area contributed by atoms with Crippen molar-refractivity contribution < 1.29 is 4.74 Å². The van der Waals surface area contributed by atoms with Crippen molar-refractivity contribution in [1.29, 1.82) is 0 Å². The van der Waals surface area contributed by atoms with Gasteiger partial charge in [0.05, 0.1) is 26.1 Å². The number of ether oxygens (including phenoxy) is 1. The minimum Gasteiger partial charge on any atom is -0.487 e. The van der Waals surface area contributed by atoms with E-state index < -0.39 is 0 Å². The molecule has 0 radical (unpaired) electrons. The largest absolute Gasteiger partial charge is 0.487 e. The summed E-state index contributed by atoms with van der Waals surface area (Å²) in [6.07, 6.45) is 1.65. The lowest BCUT2D eigenvalue weighted by molar-refractivity contribution is 0.302. The zero-order chi connectivity index (χ0) is 24.4. The van der Waals surface area contributed by atoms with Crippen LogP contribution in [-0.4, -0.2) is 15.9 Å². The molecule has 0 saturated heterocycles. The molecular formula is C26H22Br3N3O2. The predicted molar refractivity (Wildman–Crippen MR) is 148 cm³/mol. The number of aromatic nitrogens is 2. The molecule has 5 nitrogen and oxygen atoms in total. The fraction of sp³-hybridized carbons (Fsp3) is 0.192. The highest BCUT2D eigenvalue weighted by atomic mass is 79.9. The Labute approximate surface area is 223 Å². The molecule has 1 aromatic heterocycles. The van der Waals surface area contributed by atoms with Crippen LogP contribution in [-0.2, 0) is 6.61 Å². The highest BCUT2D eigenvalue weighted by Gasteiger charge is 2.14. The first-order valence-electron chi connectivity index (χ1n) is 10.7. The van der Waals surface area contributed by atoms with Gasteiger partial charge in [0.1, 0.15) is 18.2 Å². The van der Waals surface area contributed by atoms with Gasteiger partial charge in [0.2, 0.25) is 0 Å². The Morgan fingerprint density at radius 1 is 1.03 bits per heavy atom. The number of hydrogen-bond donors (Lipinski definition) is 0. The van der Waals surface area contributed by atoms with Gasteiger partial charge in [0.25, 0.3) is 5.56 Å². The highest BCUT2D eigenvalue weighted by molar-refractivity contribution is 9.11. The van der Waals surface area contributed by atoms with Crippen molar-refractivity contribution in [2.45, 2.75) is 33.3 Å². The van der Waals surface area contributed by atoms with Gasteiger partial charge in [-0.15, -0.1) is 0 Å². The highest BCUT2D eigenvalue weighted by Crippen LogP contribution is 2.35. The first-order chi connectivity index (χ1) is 16.2. The van der Waals surface area contributed by atoms with E-state index in [0.29, 0.717) is 29.1 Å². The average molecular weight is 648 g/mol. The first-order valence-corrected chi connectivity index (χ1v) is 13.0. The van der Waals surface area contributed by atoms with Crippen LogP contribution >= 0.6 is 47.8 Å². The Morgan fingerprint density at radius 2 is 1.71 bits per heavy atom. The standard InChI is InChI=1S/C26H22Br3N3O2/c1-15(2)25-31-23-9-8-19(27)12-20(23)26(33)32(25)30-13-18-10-21(28)24(22(29)11-18)34-14-17-6-4-16(3)5-7-17/h4-13,15H,14H2,1-3H3. The van der Waals surface area contributed by atoms with Gasteiger partial charge in [-0.1, -0.05) is 59.6 Å². The number of nitrogens with zero attached hydrogens (tertiary/aromatic N) is 3. The molecule has 0 atom stereocenters. The second-order valence-corrected chi connectivity index (χ2v) is 10.9. The third-order valence-electron chi connectivity index (χ3n) is 5.20. The second-order valence-electron chi connectivity index (χ2n) is 8.24. The Bertz CT molecular complexity index is 1420. The zero-order valence-electron chi connectivity index (χ0n) is 18.8. The maximum Gasteiger partial charge on any atom is 0.282 e. The Morgan fingerprint density at radius 3 is 2.35 bits per heavy atom. The summed E-state index contributed by atoms with van der Waals surface area (Å²) in [7, 11) is 0. The molecule has 0 aliphatic rings. The van der Waals surface area contributed by atoms with E-state index in [1.54, 1.807) is 12.3 Å². The van der Waals surface area contributed by atoms with Gasteiger partial charge in [-0.05, 0) is 80.2 Å². The summed E-state index contributed by atoms with van der Waals surface area (Å²) in [5.74, 6) is 1.33. The minimum absolute atomic E-state index is 0.0221. The molecule has 34 heavy (non-hydrogen) atoms. The topological polar surface area (TPSA) is 56.5 Å². The molecule has 0 N–H and O–H groups in total. The van der Waals surface area contributed by atoms with E-state index in [4.69, 9.17) is 4.74 Å². The summed E-state index contributed by atoms with van der Waals surface area (Å²) in [5.41, 5.74) is 3.55. The third kappa shape index (κ3) is 5.50. The number of fused-ring (bicyclic) bond motifs is 1. The minimum atomic E-state index is -0.206. The molecule has 0 fully saturated rings. The van der Waals surface area contributed by atoms with Gasteiger partial charge in [0.15, 0.2) is 0 Å².